The molecule has 28 heavy (non-hydrogen) atoms. The quantitative estimate of drug-likeness (QED) is 0.793. The van der Waals surface area contributed by atoms with E-state index in [1.807, 2.05) is 11.3 Å². The van der Waals surface area contributed by atoms with Crippen molar-refractivity contribution in [1.29, 1.82) is 0 Å². The fourth-order valence-corrected chi connectivity index (χ4v) is 5.67. The molecule has 1 aromatic heterocycles. The third-order valence-electron chi connectivity index (χ3n) is 6.53. The molecule has 0 radical (unpaired) electrons. The van der Waals surface area contributed by atoms with Gasteiger partial charge in [-0.1, -0.05) is 12.1 Å². The van der Waals surface area contributed by atoms with Crippen molar-refractivity contribution < 1.29 is 9.53 Å². The molecule has 3 aliphatic rings. The van der Waals surface area contributed by atoms with Gasteiger partial charge in [0.2, 0.25) is 5.91 Å². The number of benzene rings is 1. The molecule has 148 valence electrons. The SMILES string of the molecule is O=C(C1CCN(CCc2ccc3c(c2)CCO3)CC1)N1CCc2sccc2C1. The first-order valence-electron chi connectivity index (χ1n) is 10.6. The van der Waals surface area contributed by atoms with Crippen LogP contribution in [0.2, 0.25) is 0 Å². The summed E-state index contributed by atoms with van der Waals surface area (Å²) < 4.78 is 5.60. The van der Waals surface area contributed by atoms with Crippen LogP contribution < -0.4 is 4.74 Å². The number of rotatable bonds is 4. The van der Waals surface area contributed by atoms with Gasteiger partial charge in [0.15, 0.2) is 0 Å². The van der Waals surface area contributed by atoms with Gasteiger partial charge in [-0.3, -0.25) is 4.79 Å². The number of hydrogen-bond donors (Lipinski definition) is 0. The normalized spacial score (nSPS) is 19.9. The number of nitrogens with zero attached hydrogens (tertiary/aromatic N) is 2. The molecule has 4 heterocycles. The molecule has 5 heteroatoms. The Morgan fingerprint density at radius 3 is 2.89 bits per heavy atom. The van der Waals surface area contributed by atoms with Crippen LogP contribution in [0.4, 0.5) is 0 Å². The summed E-state index contributed by atoms with van der Waals surface area (Å²) in [4.78, 5) is 19.1. The van der Waals surface area contributed by atoms with Crippen molar-refractivity contribution in [2.75, 3.05) is 32.8 Å². The molecule has 0 aliphatic carbocycles. The van der Waals surface area contributed by atoms with Gasteiger partial charge in [-0.05, 0) is 73.0 Å². The molecule has 0 bridgehead atoms. The third-order valence-corrected chi connectivity index (χ3v) is 7.55. The molecule has 3 aliphatic heterocycles. The van der Waals surface area contributed by atoms with E-state index in [4.69, 9.17) is 4.74 Å². The second-order valence-corrected chi connectivity index (χ2v) is 9.29. The van der Waals surface area contributed by atoms with E-state index in [9.17, 15) is 4.79 Å². The molecule has 0 unspecified atom stereocenters. The zero-order valence-corrected chi connectivity index (χ0v) is 17.2. The highest BCUT2D eigenvalue weighted by Crippen LogP contribution is 2.28. The lowest BCUT2D eigenvalue weighted by molar-refractivity contribution is -0.138. The fraction of sp³-hybridized carbons (Fsp3) is 0.522. The summed E-state index contributed by atoms with van der Waals surface area (Å²) >= 11 is 1.83. The van der Waals surface area contributed by atoms with Gasteiger partial charge in [-0.15, -0.1) is 11.3 Å². The first kappa shape index (κ1) is 18.2. The minimum Gasteiger partial charge on any atom is -0.493 e. The first-order chi connectivity index (χ1) is 13.8. The van der Waals surface area contributed by atoms with E-state index in [0.717, 1.165) is 77.2 Å². The van der Waals surface area contributed by atoms with Gasteiger partial charge >= 0.3 is 0 Å². The Labute approximate surface area is 171 Å². The Hall–Kier alpha value is -1.85. The predicted octanol–water partition coefficient (Wildman–Crippen LogP) is 3.52. The molecule has 5 rings (SSSR count). The standard InChI is InChI=1S/C23H28N2O2S/c26-23(25-12-6-22-20(16-25)8-14-28-22)18-4-10-24(11-5-18)9-3-17-1-2-21-19(15-17)7-13-27-21/h1-2,8,14-15,18H,3-7,9-13,16H2. The highest BCUT2D eigenvalue weighted by molar-refractivity contribution is 7.10. The van der Waals surface area contributed by atoms with Crippen molar-refractivity contribution in [3.05, 3.63) is 51.2 Å². The molecule has 1 saturated heterocycles. The number of carbonyl (C=O) groups excluding carboxylic acids is 1. The molecule has 1 fully saturated rings. The van der Waals surface area contributed by atoms with E-state index < -0.39 is 0 Å². The second kappa shape index (κ2) is 7.88. The van der Waals surface area contributed by atoms with Crippen molar-refractivity contribution in [1.82, 2.24) is 9.80 Å². The summed E-state index contributed by atoms with van der Waals surface area (Å²) in [5.74, 6) is 1.67. The van der Waals surface area contributed by atoms with Crippen LogP contribution in [0.25, 0.3) is 0 Å². The van der Waals surface area contributed by atoms with E-state index in [0.29, 0.717) is 5.91 Å². The molecule has 2 aromatic rings. The molecule has 1 amide bonds. The van der Waals surface area contributed by atoms with Crippen LogP contribution in [-0.2, 0) is 30.6 Å². The van der Waals surface area contributed by atoms with E-state index in [1.54, 1.807) is 0 Å². The van der Waals surface area contributed by atoms with Gasteiger partial charge in [0, 0.05) is 36.9 Å². The Morgan fingerprint density at radius 1 is 1.11 bits per heavy atom. The number of ether oxygens (including phenoxy) is 1. The number of fused-ring (bicyclic) bond motifs is 2. The summed E-state index contributed by atoms with van der Waals surface area (Å²) in [5.41, 5.74) is 4.13. The highest BCUT2D eigenvalue weighted by Gasteiger charge is 2.30. The van der Waals surface area contributed by atoms with Gasteiger partial charge in [0.25, 0.3) is 0 Å². The summed E-state index contributed by atoms with van der Waals surface area (Å²) in [6.07, 6.45) is 5.16. The maximum absolute atomic E-state index is 13.0. The molecule has 4 nitrogen and oxygen atoms in total. The molecular formula is C23H28N2O2S. The molecular weight excluding hydrogens is 368 g/mol. The molecule has 1 aromatic carbocycles. The van der Waals surface area contributed by atoms with Crippen molar-refractivity contribution in [2.24, 2.45) is 5.92 Å². The average molecular weight is 397 g/mol. The van der Waals surface area contributed by atoms with Crippen LogP contribution in [0, 0.1) is 5.92 Å². The van der Waals surface area contributed by atoms with E-state index in [1.165, 1.54) is 21.6 Å². The Morgan fingerprint density at radius 2 is 2.00 bits per heavy atom. The van der Waals surface area contributed by atoms with Crippen LogP contribution in [0.15, 0.2) is 29.6 Å². The number of thiophene rings is 1. The van der Waals surface area contributed by atoms with Crippen LogP contribution in [0.1, 0.15) is 34.4 Å². The Bertz CT molecular complexity index is 854. The molecule has 0 atom stereocenters. The smallest absolute Gasteiger partial charge is 0.226 e. The third kappa shape index (κ3) is 3.70. The van der Waals surface area contributed by atoms with Gasteiger partial charge in [0.1, 0.15) is 5.75 Å². The zero-order chi connectivity index (χ0) is 18.9. The first-order valence-corrected chi connectivity index (χ1v) is 11.5. The molecule has 0 N–H and O–H groups in total. The van der Waals surface area contributed by atoms with Crippen LogP contribution in [0.5, 0.6) is 5.75 Å². The average Bonchev–Trinajstić information content (AvgIpc) is 3.40. The minimum absolute atomic E-state index is 0.216. The van der Waals surface area contributed by atoms with Gasteiger partial charge in [0.05, 0.1) is 6.61 Å². The number of carbonyl (C=O) groups is 1. The van der Waals surface area contributed by atoms with Gasteiger partial charge in [-0.25, -0.2) is 0 Å². The van der Waals surface area contributed by atoms with Gasteiger partial charge < -0.3 is 14.5 Å². The lowest BCUT2D eigenvalue weighted by atomic mass is 9.94. The van der Waals surface area contributed by atoms with Crippen molar-refractivity contribution in [2.45, 2.75) is 38.6 Å². The van der Waals surface area contributed by atoms with Crippen LogP contribution in [0.3, 0.4) is 0 Å². The lowest BCUT2D eigenvalue weighted by Crippen LogP contribution is -2.44. The van der Waals surface area contributed by atoms with Crippen LogP contribution in [-0.4, -0.2) is 48.5 Å². The number of likely N-dealkylation sites (tertiary alicyclic amines) is 1. The predicted molar refractivity (Wildman–Crippen MR) is 112 cm³/mol. The van der Waals surface area contributed by atoms with E-state index >= 15 is 0 Å². The number of hydrogen-bond acceptors (Lipinski definition) is 4. The fourth-order valence-electron chi connectivity index (χ4n) is 4.78. The summed E-state index contributed by atoms with van der Waals surface area (Å²) in [5, 5.41) is 2.16. The maximum atomic E-state index is 13.0. The summed E-state index contributed by atoms with van der Waals surface area (Å²) in [7, 11) is 0. The zero-order valence-electron chi connectivity index (χ0n) is 16.4. The van der Waals surface area contributed by atoms with Crippen molar-refractivity contribution in [3.8, 4) is 5.75 Å². The molecule has 0 spiro atoms. The number of piperidine rings is 1. The monoisotopic (exact) mass is 396 g/mol. The Balaban J connectivity index is 1.10. The highest BCUT2D eigenvalue weighted by atomic mass is 32.1. The van der Waals surface area contributed by atoms with Crippen molar-refractivity contribution in [3.63, 3.8) is 0 Å². The second-order valence-electron chi connectivity index (χ2n) is 8.29. The topological polar surface area (TPSA) is 32.8 Å². The Kier molecular flexibility index (Phi) is 5.12. The van der Waals surface area contributed by atoms with E-state index in [2.05, 4.69) is 39.4 Å². The number of amides is 1. The molecule has 0 saturated carbocycles. The largest absolute Gasteiger partial charge is 0.493 e. The maximum Gasteiger partial charge on any atom is 0.226 e. The summed E-state index contributed by atoms with van der Waals surface area (Å²) in [6, 6.07) is 8.83. The summed E-state index contributed by atoms with van der Waals surface area (Å²) in [6.45, 7) is 5.71. The minimum atomic E-state index is 0.216. The van der Waals surface area contributed by atoms with E-state index in [-0.39, 0.29) is 5.92 Å². The lowest BCUT2D eigenvalue weighted by Gasteiger charge is -2.35. The van der Waals surface area contributed by atoms with Crippen LogP contribution >= 0.6 is 11.3 Å². The van der Waals surface area contributed by atoms with Crippen molar-refractivity contribution >= 4 is 17.2 Å². The van der Waals surface area contributed by atoms with Gasteiger partial charge in [-0.2, -0.15) is 0 Å².